The zero-order valence-corrected chi connectivity index (χ0v) is 11.8. The molecule has 8 heteroatoms. The van der Waals surface area contributed by atoms with Gasteiger partial charge in [0, 0.05) is 16.7 Å². The first-order valence-electron chi connectivity index (χ1n) is 6.04. The molecule has 0 bridgehead atoms. The van der Waals surface area contributed by atoms with Crippen molar-refractivity contribution in [1.29, 1.82) is 0 Å². The Labute approximate surface area is 130 Å². The Morgan fingerprint density at radius 3 is 2.77 bits per heavy atom. The summed E-state index contributed by atoms with van der Waals surface area (Å²) in [7, 11) is 0. The Bertz CT molecular complexity index is 762. The third-order valence-electron chi connectivity index (χ3n) is 2.70. The minimum absolute atomic E-state index is 0.0620. The fourth-order valence-electron chi connectivity index (χ4n) is 1.67. The number of nitro benzene ring substituents is 1. The highest BCUT2D eigenvalue weighted by Crippen LogP contribution is 2.20. The predicted molar refractivity (Wildman–Crippen MR) is 81.3 cm³/mol. The second-order valence-corrected chi connectivity index (χ2v) is 4.61. The number of benzene rings is 2. The molecule has 22 heavy (non-hydrogen) atoms. The summed E-state index contributed by atoms with van der Waals surface area (Å²) >= 11 is 5.77. The molecule has 0 aliphatic carbocycles. The summed E-state index contributed by atoms with van der Waals surface area (Å²) in [6, 6.07) is 9.85. The Morgan fingerprint density at radius 2 is 2.05 bits per heavy atom. The van der Waals surface area contributed by atoms with Gasteiger partial charge in [-0.1, -0.05) is 23.7 Å². The molecule has 0 saturated carbocycles. The van der Waals surface area contributed by atoms with E-state index >= 15 is 0 Å². The van der Waals surface area contributed by atoms with Crippen molar-refractivity contribution in [2.24, 2.45) is 5.10 Å². The summed E-state index contributed by atoms with van der Waals surface area (Å²) in [6.07, 6.45) is 1.19. The summed E-state index contributed by atoms with van der Waals surface area (Å²) < 4.78 is 0. The van der Waals surface area contributed by atoms with Crippen molar-refractivity contribution in [3.05, 3.63) is 68.7 Å². The van der Waals surface area contributed by atoms with Crippen molar-refractivity contribution in [1.82, 2.24) is 5.43 Å². The van der Waals surface area contributed by atoms with Crippen molar-refractivity contribution in [2.75, 3.05) is 0 Å². The quantitative estimate of drug-likeness (QED) is 0.513. The van der Waals surface area contributed by atoms with E-state index in [0.717, 1.165) is 0 Å². The van der Waals surface area contributed by atoms with Crippen LogP contribution in [0.3, 0.4) is 0 Å². The third kappa shape index (κ3) is 3.58. The molecule has 0 fully saturated rings. The van der Waals surface area contributed by atoms with Crippen LogP contribution in [0.2, 0.25) is 5.02 Å². The maximum absolute atomic E-state index is 11.9. The molecule has 0 aliphatic heterocycles. The number of hydrogen-bond acceptors (Lipinski definition) is 5. The second-order valence-electron chi connectivity index (χ2n) is 4.18. The van der Waals surface area contributed by atoms with Crippen molar-refractivity contribution < 1.29 is 14.8 Å². The first-order valence-corrected chi connectivity index (χ1v) is 6.42. The first kappa shape index (κ1) is 15.5. The standard InChI is InChI=1S/C14H10ClN3O4/c15-10-5-6-13(19)9(7-10)8-16-17-14(20)11-3-1-2-4-12(11)18(21)22/h1-8,19H,(H,17,20). The van der Waals surface area contributed by atoms with E-state index in [4.69, 9.17) is 11.6 Å². The normalized spacial score (nSPS) is 10.6. The number of hydrogen-bond donors (Lipinski definition) is 2. The van der Waals surface area contributed by atoms with Gasteiger partial charge in [0.05, 0.1) is 11.1 Å². The lowest BCUT2D eigenvalue weighted by Gasteiger charge is -2.02. The summed E-state index contributed by atoms with van der Waals surface area (Å²) in [5.41, 5.74) is 2.03. The van der Waals surface area contributed by atoms with Crippen LogP contribution in [0, 0.1) is 10.1 Å². The minimum Gasteiger partial charge on any atom is -0.507 e. The highest BCUT2D eigenvalue weighted by atomic mass is 35.5. The molecule has 0 aromatic heterocycles. The second kappa shape index (κ2) is 6.68. The Morgan fingerprint density at radius 1 is 1.32 bits per heavy atom. The maximum atomic E-state index is 11.9. The number of para-hydroxylation sites is 1. The first-order chi connectivity index (χ1) is 10.5. The van der Waals surface area contributed by atoms with Crippen molar-refractivity contribution in [2.45, 2.75) is 0 Å². The molecule has 112 valence electrons. The predicted octanol–water partition coefficient (Wildman–Crippen LogP) is 2.72. The van der Waals surface area contributed by atoms with Crippen LogP contribution in [0.5, 0.6) is 5.75 Å². The number of halogens is 1. The number of carbonyl (C=O) groups is 1. The van der Waals surface area contributed by atoms with E-state index < -0.39 is 10.8 Å². The fourth-order valence-corrected chi connectivity index (χ4v) is 1.85. The van der Waals surface area contributed by atoms with E-state index in [1.807, 2.05) is 0 Å². The van der Waals surface area contributed by atoms with E-state index in [1.54, 1.807) is 0 Å². The smallest absolute Gasteiger partial charge is 0.282 e. The number of nitrogens with zero attached hydrogens (tertiary/aromatic N) is 2. The molecule has 0 radical (unpaired) electrons. The van der Waals surface area contributed by atoms with Crippen LogP contribution in [0.4, 0.5) is 5.69 Å². The molecule has 2 rings (SSSR count). The number of aromatic hydroxyl groups is 1. The lowest BCUT2D eigenvalue weighted by atomic mass is 10.2. The van der Waals surface area contributed by atoms with E-state index in [2.05, 4.69) is 10.5 Å². The van der Waals surface area contributed by atoms with Crippen LogP contribution in [-0.4, -0.2) is 22.2 Å². The molecule has 0 unspecified atom stereocenters. The van der Waals surface area contributed by atoms with Crippen molar-refractivity contribution in [3.8, 4) is 5.75 Å². The minimum atomic E-state index is -0.731. The van der Waals surface area contributed by atoms with E-state index in [-0.39, 0.29) is 17.0 Å². The van der Waals surface area contributed by atoms with Gasteiger partial charge in [-0.15, -0.1) is 0 Å². The lowest BCUT2D eigenvalue weighted by Crippen LogP contribution is -2.18. The topological polar surface area (TPSA) is 105 Å². The number of phenolic OH excluding ortho intramolecular Hbond substituents is 1. The molecule has 0 heterocycles. The largest absolute Gasteiger partial charge is 0.507 e. The Hall–Kier alpha value is -2.93. The van der Waals surface area contributed by atoms with Gasteiger partial charge in [-0.25, -0.2) is 5.43 Å². The molecule has 7 nitrogen and oxygen atoms in total. The monoisotopic (exact) mass is 319 g/mol. The number of carbonyl (C=O) groups excluding carboxylic acids is 1. The summed E-state index contributed by atoms with van der Waals surface area (Å²) in [6.45, 7) is 0. The van der Waals surface area contributed by atoms with Crippen molar-refractivity contribution in [3.63, 3.8) is 0 Å². The van der Waals surface area contributed by atoms with Gasteiger partial charge in [-0.2, -0.15) is 5.10 Å². The SMILES string of the molecule is O=C(NN=Cc1cc(Cl)ccc1O)c1ccccc1[N+](=O)[O-]. The average Bonchev–Trinajstić information content (AvgIpc) is 2.50. The van der Waals surface area contributed by atoms with Gasteiger partial charge in [-0.05, 0) is 24.3 Å². The van der Waals surface area contributed by atoms with Gasteiger partial charge in [0.1, 0.15) is 11.3 Å². The van der Waals surface area contributed by atoms with Crippen LogP contribution in [0.1, 0.15) is 15.9 Å². The molecular formula is C14H10ClN3O4. The molecule has 2 N–H and O–H groups in total. The van der Waals surface area contributed by atoms with E-state index in [9.17, 15) is 20.0 Å². The van der Waals surface area contributed by atoms with Gasteiger partial charge in [0.25, 0.3) is 11.6 Å². The van der Waals surface area contributed by atoms with Crippen LogP contribution < -0.4 is 5.43 Å². The molecule has 0 spiro atoms. The van der Waals surface area contributed by atoms with Gasteiger partial charge in [0.15, 0.2) is 0 Å². The zero-order chi connectivity index (χ0) is 16.1. The van der Waals surface area contributed by atoms with E-state index in [0.29, 0.717) is 10.6 Å². The molecule has 0 aliphatic rings. The number of phenols is 1. The molecule has 0 atom stereocenters. The highest BCUT2D eigenvalue weighted by molar-refractivity contribution is 6.30. The summed E-state index contributed by atoms with van der Waals surface area (Å²) in [5, 5.41) is 24.5. The molecule has 1 amide bonds. The van der Waals surface area contributed by atoms with Crippen molar-refractivity contribution >= 4 is 29.4 Å². The van der Waals surface area contributed by atoms with Crippen LogP contribution in [0.15, 0.2) is 47.6 Å². The zero-order valence-electron chi connectivity index (χ0n) is 11.1. The fraction of sp³-hybridized carbons (Fsp3) is 0. The summed E-state index contributed by atoms with van der Waals surface area (Å²) in [4.78, 5) is 22.1. The van der Waals surface area contributed by atoms with Gasteiger partial charge >= 0.3 is 0 Å². The van der Waals surface area contributed by atoms with Crippen LogP contribution in [-0.2, 0) is 0 Å². The van der Waals surface area contributed by atoms with Gasteiger partial charge < -0.3 is 5.11 Å². The molecule has 0 saturated heterocycles. The maximum Gasteiger partial charge on any atom is 0.282 e. The van der Waals surface area contributed by atoms with E-state index in [1.165, 1.54) is 48.7 Å². The molecule has 2 aromatic rings. The number of rotatable bonds is 4. The average molecular weight is 320 g/mol. The Kier molecular flexibility index (Phi) is 4.70. The lowest BCUT2D eigenvalue weighted by molar-refractivity contribution is -0.385. The number of nitro groups is 1. The van der Waals surface area contributed by atoms with Crippen LogP contribution in [0.25, 0.3) is 0 Å². The molecule has 2 aromatic carbocycles. The number of amides is 1. The highest BCUT2D eigenvalue weighted by Gasteiger charge is 2.18. The third-order valence-corrected chi connectivity index (χ3v) is 2.94. The number of nitrogens with one attached hydrogen (secondary N) is 1. The summed E-state index contributed by atoms with van der Waals surface area (Å²) in [5.74, 6) is -0.793. The molecular weight excluding hydrogens is 310 g/mol. The number of hydrazone groups is 1. The van der Waals surface area contributed by atoms with Crippen LogP contribution >= 0.6 is 11.6 Å². The Balaban J connectivity index is 2.15. The van der Waals surface area contributed by atoms with Gasteiger partial charge in [-0.3, -0.25) is 14.9 Å². The van der Waals surface area contributed by atoms with Gasteiger partial charge in [0.2, 0.25) is 0 Å².